The number of nitrogens with zero attached hydrogens (tertiary/aromatic N) is 1. The molecule has 9 heteroatoms. The Morgan fingerprint density at radius 3 is 2.13 bits per heavy atom. The molecule has 2 aromatic rings. The molecule has 2 atom stereocenters. The third kappa shape index (κ3) is 8.70. The molecule has 0 saturated carbocycles. The highest BCUT2D eigenvalue weighted by Crippen LogP contribution is 2.30. The number of amides is 2. The zero-order chi connectivity index (χ0) is 29.1. The average molecular weight is 567 g/mol. The standard InChI is InChI=1S/C29H40ClFN2O4S/c1-10-25(34)33(26(35)37-27(2,3)4)24(29(8,9)32-38(36)28(5,6)7)17-19-11-13-20(14-12-19)22-18-21(30)15-16-23(22)31/h11-16,18,24,32H,10,17H2,1-9H3/t24-,38?/m1/s1. The Balaban J connectivity index is 2.53. The van der Waals surface area contributed by atoms with E-state index in [4.69, 9.17) is 16.3 Å². The zero-order valence-electron chi connectivity index (χ0n) is 23.8. The summed E-state index contributed by atoms with van der Waals surface area (Å²) in [5.41, 5.74) is 0.0416. The third-order valence-electron chi connectivity index (χ3n) is 5.84. The second-order valence-electron chi connectivity index (χ2n) is 11.8. The summed E-state index contributed by atoms with van der Waals surface area (Å²) in [6.45, 7) is 16.1. The highest BCUT2D eigenvalue weighted by atomic mass is 35.5. The van der Waals surface area contributed by atoms with Gasteiger partial charge in [0.1, 0.15) is 16.2 Å². The molecule has 2 rings (SSSR count). The van der Waals surface area contributed by atoms with Crippen LogP contribution < -0.4 is 4.72 Å². The van der Waals surface area contributed by atoms with Crippen molar-refractivity contribution < 1.29 is 23.3 Å². The van der Waals surface area contributed by atoms with Gasteiger partial charge in [-0.2, -0.15) is 0 Å². The Bertz CT molecular complexity index is 1130. The molecular weight excluding hydrogens is 527 g/mol. The van der Waals surface area contributed by atoms with Crippen LogP contribution in [0.4, 0.5) is 9.18 Å². The largest absolute Gasteiger partial charge is 0.598 e. The lowest BCUT2D eigenvalue weighted by Crippen LogP contribution is -2.64. The van der Waals surface area contributed by atoms with Crippen LogP contribution in [0, 0.1) is 5.82 Å². The summed E-state index contributed by atoms with van der Waals surface area (Å²) >= 11 is 4.59. The van der Waals surface area contributed by atoms with E-state index in [2.05, 4.69) is 4.72 Å². The summed E-state index contributed by atoms with van der Waals surface area (Å²) in [5, 5.41) is 0.427. The van der Waals surface area contributed by atoms with Gasteiger partial charge < -0.3 is 9.29 Å². The summed E-state index contributed by atoms with van der Waals surface area (Å²) in [6, 6.07) is 10.8. The minimum Gasteiger partial charge on any atom is -0.598 e. The quantitative estimate of drug-likeness (QED) is 0.346. The minimum atomic E-state index is -1.48. The van der Waals surface area contributed by atoms with Crippen molar-refractivity contribution >= 4 is 35.0 Å². The highest BCUT2D eigenvalue weighted by molar-refractivity contribution is 7.90. The van der Waals surface area contributed by atoms with Crippen LogP contribution in [0.1, 0.15) is 74.3 Å². The van der Waals surface area contributed by atoms with Crippen molar-refractivity contribution in [2.45, 2.75) is 97.1 Å². The van der Waals surface area contributed by atoms with Crippen molar-refractivity contribution in [3.8, 4) is 11.1 Å². The molecule has 0 saturated heterocycles. The number of hydrogen-bond donors (Lipinski definition) is 1. The fourth-order valence-electron chi connectivity index (χ4n) is 3.78. The van der Waals surface area contributed by atoms with Crippen LogP contribution in [0.15, 0.2) is 42.5 Å². The van der Waals surface area contributed by atoms with Crippen molar-refractivity contribution in [1.29, 1.82) is 0 Å². The first-order valence-electron chi connectivity index (χ1n) is 12.6. The van der Waals surface area contributed by atoms with E-state index in [-0.39, 0.29) is 18.7 Å². The van der Waals surface area contributed by atoms with E-state index in [0.29, 0.717) is 16.1 Å². The molecule has 2 amide bonds. The lowest BCUT2D eigenvalue weighted by Gasteiger charge is -2.42. The highest BCUT2D eigenvalue weighted by Gasteiger charge is 2.45. The second-order valence-corrected chi connectivity index (χ2v) is 14.2. The molecule has 0 heterocycles. The molecule has 2 aromatic carbocycles. The van der Waals surface area contributed by atoms with Crippen molar-refractivity contribution in [3.63, 3.8) is 0 Å². The molecule has 0 fully saturated rings. The van der Waals surface area contributed by atoms with E-state index in [1.165, 1.54) is 12.1 Å². The molecule has 0 aromatic heterocycles. The Labute approximate surface area is 234 Å². The van der Waals surface area contributed by atoms with Gasteiger partial charge in [-0.15, -0.1) is 4.72 Å². The predicted octanol–water partition coefficient (Wildman–Crippen LogP) is 7.06. The van der Waals surface area contributed by atoms with Crippen LogP contribution >= 0.6 is 11.6 Å². The van der Waals surface area contributed by atoms with Gasteiger partial charge in [-0.1, -0.05) is 42.8 Å². The molecule has 0 spiro atoms. The lowest BCUT2D eigenvalue weighted by atomic mass is 9.88. The topological polar surface area (TPSA) is 81.7 Å². The lowest BCUT2D eigenvalue weighted by molar-refractivity contribution is -0.133. The molecule has 38 heavy (non-hydrogen) atoms. The molecular formula is C29H40ClFN2O4S. The maximum absolute atomic E-state index is 14.4. The molecule has 0 radical (unpaired) electrons. The van der Waals surface area contributed by atoms with Crippen LogP contribution in [0.25, 0.3) is 11.1 Å². The zero-order valence-corrected chi connectivity index (χ0v) is 25.3. The number of carbonyl (C=O) groups excluding carboxylic acids is 2. The van der Waals surface area contributed by atoms with Crippen molar-refractivity contribution in [3.05, 3.63) is 58.9 Å². The van der Waals surface area contributed by atoms with Gasteiger partial charge in [-0.05, 0) is 91.1 Å². The molecule has 6 nitrogen and oxygen atoms in total. The fourth-order valence-corrected chi connectivity index (χ4v) is 4.87. The molecule has 1 N–H and O–H groups in total. The van der Waals surface area contributed by atoms with Crippen molar-refractivity contribution in [2.75, 3.05) is 0 Å². The Kier molecular flexibility index (Phi) is 10.4. The normalized spacial score (nSPS) is 14.1. The number of imide groups is 1. The van der Waals surface area contributed by atoms with E-state index in [1.807, 2.05) is 46.8 Å². The number of nitrogens with one attached hydrogen (secondary N) is 1. The molecule has 0 bridgehead atoms. The van der Waals surface area contributed by atoms with Crippen LogP contribution in [0.2, 0.25) is 5.02 Å². The minimum absolute atomic E-state index is 0.0845. The first-order chi connectivity index (χ1) is 17.4. The predicted molar refractivity (Wildman–Crippen MR) is 153 cm³/mol. The van der Waals surface area contributed by atoms with E-state index < -0.39 is 45.3 Å². The molecule has 0 aliphatic rings. The van der Waals surface area contributed by atoms with Gasteiger partial charge in [0.15, 0.2) is 0 Å². The fraction of sp³-hybridized carbons (Fsp3) is 0.517. The maximum Gasteiger partial charge on any atom is 0.417 e. The van der Waals surface area contributed by atoms with Gasteiger partial charge >= 0.3 is 6.09 Å². The van der Waals surface area contributed by atoms with Crippen LogP contribution in [0.3, 0.4) is 0 Å². The molecule has 0 aliphatic carbocycles. The van der Waals surface area contributed by atoms with Gasteiger partial charge in [0.2, 0.25) is 5.91 Å². The number of benzene rings is 2. The summed E-state index contributed by atoms with van der Waals surface area (Å²) < 4.78 is 35.7. The summed E-state index contributed by atoms with van der Waals surface area (Å²) in [4.78, 5) is 27.7. The monoisotopic (exact) mass is 566 g/mol. The van der Waals surface area contributed by atoms with Crippen LogP contribution in [0.5, 0.6) is 0 Å². The maximum atomic E-state index is 14.4. The van der Waals surface area contributed by atoms with Gasteiger partial charge in [0, 0.05) is 28.4 Å². The van der Waals surface area contributed by atoms with E-state index in [0.717, 1.165) is 10.5 Å². The summed E-state index contributed by atoms with van der Waals surface area (Å²) in [7, 11) is 0. The van der Waals surface area contributed by atoms with Crippen molar-refractivity contribution in [2.24, 2.45) is 0 Å². The average Bonchev–Trinajstić information content (AvgIpc) is 2.78. The van der Waals surface area contributed by atoms with E-state index >= 15 is 0 Å². The van der Waals surface area contributed by atoms with E-state index in [1.54, 1.807) is 45.9 Å². The Morgan fingerprint density at radius 2 is 1.63 bits per heavy atom. The molecule has 210 valence electrons. The summed E-state index contributed by atoms with van der Waals surface area (Å²) in [6.07, 6.45) is -0.422. The van der Waals surface area contributed by atoms with Crippen LogP contribution in [-0.4, -0.2) is 43.4 Å². The number of carbonyl (C=O) groups is 2. The SMILES string of the molecule is CCC(=O)N(C(=O)OC(C)(C)C)[C@H](Cc1ccc(-c2cc(Cl)ccc2F)cc1)C(C)(C)N[S+]([O-])C(C)(C)C. The molecule has 0 aliphatic heterocycles. The Hall–Kier alpha value is -2.13. The van der Waals surface area contributed by atoms with E-state index in [9.17, 15) is 18.5 Å². The van der Waals surface area contributed by atoms with Gasteiger partial charge in [0.05, 0.1) is 11.6 Å². The van der Waals surface area contributed by atoms with Gasteiger partial charge in [-0.25, -0.2) is 14.1 Å². The first kappa shape index (κ1) is 32.1. The second kappa shape index (κ2) is 12.4. The Morgan fingerprint density at radius 1 is 1.05 bits per heavy atom. The smallest absolute Gasteiger partial charge is 0.417 e. The van der Waals surface area contributed by atoms with Crippen LogP contribution in [-0.2, 0) is 27.3 Å². The molecule has 1 unspecified atom stereocenters. The van der Waals surface area contributed by atoms with Gasteiger partial charge in [-0.3, -0.25) is 4.79 Å². The summed E-state index contributed by atoms with van der Waals surface area (Å²) in [5.74, 6) is -0.794. The van der Waals surface area contributed by atoms with Gasteiger partial charge in [0.25, 0.3) is 0 Å². The number of rotatable bonds is 8. The van der Waals surface area contributed by atoms with Crippen molar-refractivity contribution in [1.82, 2.24) is 9.62 Å². The third-order valence-corrected chi connectivity index (χ3v) is 7.90. The number of halogens is 2. The number of hydrogen-bond acceptors (Lipinski definition) is 5. The first-order valence-corrected chi connectivity index (χ1v) is 14.2. The number of ether oxygens (including phenoxy) is 1.